The predicted octanol–water partition coefficient (Wildman–Crippen LogP) is 13.9. The molecule has 0 saturated carbocycles. The summed E-state index contributed by atoms with van der Waals surface area (Å²) in [6.07, 6.45) is 3.35. The fourth-order valence-corrected chi connectivity index (χ4v) is 9.17. The van der Waals surface area contributed by atoms with E-state index in [2.05, 4.69) is 30.3 Å². The zero-order chi connectivity index (χ0) is 42.1. The molecule has 0 bridgehead atoms. The molecular weight excluding hydrogens is 770 g/mol. The fourth-order valence-electron chi connectivity index (χ4n) is 9.17. The second-order valence-electron chi connectivity index (χ2n) is 16.0. The van der Waals surface area contributed by atoms with E-state index in [0.29, 0.717) is 34.4 Å². The van der Waals surface area contributed by atoms with Crippen LogP contribution >= 0.6 is 0 Å². The third-order valence-corrected chi connectivity index (χ3v) is 11.7. The molecule has 10 rings (SSSR count). The van der Waals surface area contributed by atoms with E-state index >= 15 is 8.78 Å². The van der Waals surface area contributed by atoms with E-state index in [-0.39, 0.29) is 33.9 Å². The summed E-state index contributed by atoms with van der Waals surface area (Å²) in [4.78, 5) is 0. The van der Waals surface area contributed by atoms with Crippen molar-refractivity contribution in [3.05, 3.63) is 190 Å². The lowest BCUT2D eigenvalue weighted by Crippen LogP contribution is -2.23. The number of hydrogen-bond donors (Lipinski definition) is 2. The maximum atomic E-state index is 15.5. The number of halogens is 3. The zero-order valence-corrected chi connectivity index (χ0v) is 33.6. The van der Waals surface area contributed by atoms with Gasteiger partial charge in [-0.1, -0.05) is 72.8 Å². The highest BCUT2D eigenvalue weighted by molar-refractivity contribution is 6.15. The van der Waals surface area contributed by atoms with Crippen LogP contribution in [-0.4, -0.2) is 22.4 Å². The molecule has 0 saturated heterocycles. The minimum atomic E-state index is -0.596. The lowest BCUT2D eigenvalue weighted by atomic mass is 9.91. The largest absolute Gasteiger partial charge is 0.507 e. The Morgan fingerprint density at radius 3 is 1.38 bits per heavy atom. The van der Waals surface area contributed by atoms with Gasteiger partial charge >= 0.3 is 0 Å². The van der Waals surface area contributed by atoms with E-state index in [1.807, 2.05) is 87.5 Å². The molecular formula is C54H39F3O4. The molecule has 4 nitrogen and oxygen atoms in total. The monoisotopic (exact) mass is 808 g/mol. The van der Waals surface area contributed by atoms with Gasteiger partial charge in [-0.3, -0.25) is 0 Å². The lowest BCUT2D eigenvalue weighted by Gasteiger charge is -2.24. The Balaban J connectivity index is 0.923. The van der Waals surface area contributed by atoms with E-state index in [1.165, 1.54) is 42.5 Å². The molecule has 8 aromatic rings. The summed E-state index contributed by atoms with van der Waals surface area (Å²) >= 11 is 0. The molecule has 300 valence electrons. The van der Waals surface area contributed by atoms with Gasteiger partial charge < -0.3 is 19.7 Å². The topological polar surface area (TPSA) is 58.9 Å². The van der Waals surface area contributed by atoms with E-state index in [0.717, 1.165) is 54.9 Å². The highest BCUT2D eigenvalue weighted by atomic mass is 19.1. The molecule has 7 heteroatoms. The van der Waals surface area contributed by atoms with Crippen molar-refractivity contribution in [1.29, 1.82) is 0 Å². The van der Waals surface area contributed by atoms with Crippen LogP contribution in [0.3, 0.4) is 0 Å². The SMILES string of the molecule is Cc1cc(C2=Cc3cccc4cccc2c34)c(O)c(-c2cc(F)ccc2O[C@@H](C)C[C@@H](C)Oc2ccc(F)cc2-c2cc(F)cc(C3=Cc4cccc5cccc3c45)c2O)c1. The van der Waals surface area contributed by atoms with Gasteiger partial charge in [0.25, 0.3) is 0 Å². The molecule has 0 amide bonds. The number of rotatable bonds is 10. The Morgan fingerprint density at radius 2 is 0.869 bits per heavy atom. The Kier molecular flexibility index (Phi) is 9.21. The first kappa shape index (κ1) is 38.0. The first-order chi connectivity index (χ1) is 29.5. The summed E-state index contributed by atoms with van der Waals surface area (Å²) < 4.78 is 58.4. The molecule has 0 radical (unpaired) electrons. The van der Waals surface area contributed by atoms with Crippen molar-refractivity contribution in [2.24, 2.45) is 0 Å². The van der Waals surface area contributed by atoms with Crippen LogP contribution in [0.2, 0.25) is 0 Å². The molecule has 2 aliphatic carbocycles. The Hall–Kier alpha value is -7.25. The van der Waals surface area contributed by atoms with Crippen molar-refractivity contribution in [3.63, 3.8) is 0 Å². The van der Waals surface area contributed by atoms with Crippen LogP contribution < -0.4 is 9.47 Å². The molecule has 2 N–H and O–H groups in total. The van der Waals surface area contributed by atoms with Crippen molar-refractivity contribution in [2.45, 2.75) is 39.4 Å². The lowest BCUT2D eigenvalue weighted by molar-refractivity contribution is 0.131. The zero-order valence-electron chi connectivity index (χ0n) is 33.6. The minimum Gasteiger partial charge on any atom is -0.507 e. The normalized spacial score (nSPS) is 13.7. The molecule has 0 heterocycles. The number of ether oxygens (including phenoxy) is 2. The first-order valence-corrected chi connectivity index (χ1v) is 20.3. The third kappa shape index (κ3) is 6.67. The van der Waals surface area contributed by atoms with Gasteiger partial charge in [-0.25, -0.2) is 13.2 Å². The molecule has 2 atom stereocenters. The van der Waals surface area contributed by atoms with Gasteiger partial charge in [0.2, 0.25) is 0 Å². The van der Waals surface area contributed by atoms with Gasteiger partial charge in [-0.15, -0.1) is 0 Å². The van der Waals surface area contributed by atoms with E-state index in [1.54, 1.807) is 6.07 Å². The van der Waals surface area contributed by atoms with Crippen LogP contribution in [0, 0.1) is 24.4 Å². The summed E-state index contributed by atoms with van der Waals surface area (Å²) in [6.45, 7) is 5.64. The molecule has 0 aliphatic heterocycles. The number of hydrogen-bond acceptors (Lipinski definition) is 4. The van der Waals surface area contributed by atoms with Gasteiger partial charge in [-0.2, -0.15) is 0 Å². The second kappa shape index (κ2) is 14.8. The van der Waals surface area contributed by atoms with Crippen molar-refractivity contribution in [1.82, 2.24) is 0 Å². The maximum absolute atomic E-state index is 15.5. The molecule has 0 aromatic heterocycles. The Bertz CT molecular complexity index is 2960. The van der Waals surface area contributed by atoms with Crippen LogP contribution in [0.25, 0.3) is 67.1 Å². The number of benzene rings is 8. The third-order valence-electron chi connectivity index (χ3n) is 11.7. The van der Waals surface area contributed by atoms with Crippen molar-refractivity contribution >= 4 is 44.8 Å². The van der Waals surface area contributed by atoms with Gasteiger partial charge in [0, 0.05) is 39.8 Å². The average Bonchev–Trinajstić information content (AvgIpc) is 3.81. The summed E-state index contributed by atoms with van der Waals surface area (Å²) in [5.41, 5.74) is 8.39. The van der Waals surface area contributed by atoms with Crippen molar-refractivity contribution < 1.29 is 32.9 Å². The van der Waals surface area contributed by atoms with E-state index in [9.17, 15) is 14.6 Å². The van der Waals surface area contributed by atoms with Gasteiger partial charge in [-0.05, 0) is 154 Å². The van der Waals surface area contributed by atoms with Crippen LogP contribution in [0.1, 0.15) is 59.2 Å². The van der Waals surface area contributed by atoms with E-state index in [4.69, 9.17) is 9.47 Å². The van der Waals surface area contributed by atoms with E-state index < -0.39 is 29.7 Å². The first-order valence-electron chi connectivity index (χ1n) is 20.3. The standard InChI is InChI=1S/C54H39F3O4/c1-29-20-45(41-23-34-12-4-8-32-10-6-14-39(41)51(32)34)53(58)46(21-29)43-25-36(55)16-18-49(43)60-30(2)22-31(3)61-50-19-17-37(56)26-44(50)48-28-38(57)27-47(54(48)59)42-24-35-13-5-9-33-11-7-15-40(42)52(33)35/h4-21,23-28,30-31,58-59H,22H2,1-3H3/t30-,31+/m0/s1. The van der Waals surface area contributed by atoms with Crippen LogP contribution in [0.15, 0.2) is 133 Å². The summed E-state index contributed by atoms with van der Waals surface area (Å²) in [5.74, 6) is -1.22. The highest BCUT2D eigenvalue weighted by Gasteiger charge is 2.27. The Labute approximate surface area is 351 Å². The molecule has 0 unspecified atom stereocenters. The maximum Gasteiger partial charge on any atom is 0.131 e. The molecule has 2 aliphatic rings. The number of phenolic OH excluding ortho intramolecular Hbond substituents is 2. The molecule has 0 spiro atoms. The van der Waals surface area contributed by atoms with Gasteiger partial charge in [0.05, 0.1) is 12.2 Å². The smallest absolute Gasteiger partial charge is 0.131 e. The quantitative estimate of drug-likeness (QED) is 0.144. The molecule has 0 fully saturated rings. The summed E-state index contributed by atoms with van der Waals surface area (Å²) in [6, 6.07) is 38.6. The van der Waals surface area contributed by atoms with Crippen molar-refractivity contribution in [2.75, 3.05) is 0 Å². The van der Waals surface area contributed by atoms with Gasteiger partial charge in [0.1, 0.15) is 40.4 Å². The average molecular weight is 809 g/mol. The fraction of sp³-hybridized carbons (Fsp3) is 0.111. The molecule has 8 aromatic carbocycles. The summed E-state index contributed by atoms with van der Waals surface area (Å²) in [7, 11) is 0. The van der Waals surface area contributed by atoms with Crippen LogP contribution in [0.5, 0.6) is 23.0 Å². The number of aromatic hydroxyl groups is 2. The molecule has 61 heavy (non-hydrogen) atoms. The number of aryl methyl sites for hydroxylation is 1. The second-order valence-corrected chi connectivity index (χ2v) is 16.0. The van der Waals surface area contributed by atoms with Crippen LogP contribution in [-0.2, 0) is 0 Å². The Morgan fingerprint density at radius 1 is 0.459 bits per heavy atom. The van der Waals surface area contributed by atoms with Crippen LogP contribution in [0.4, 0.5) is 13.2 Å². The number of phenols is 2. The predicted molar refractivity (Wildman–Crippen MR) is 238 cm³/mol. The van der Waals surface area contributed by atoms with Crippen molar-refractivity contribution in [3.8, 4) is 45.3 Å². The van der Waals surface area contributed by atoms with Gasteiger partial charge in [0.15, 0.2) is 0 Å². The highest BCUT2D eigenvalue weighted by Crippen LogP contribution is 2.49. The summed E-state index contributed by atoms with van der Waals surface area (Å²) in [5, 5.41) is 28.0. The minimum absolute atomic E-state index is 0.0138.